The molecule has 3 saturated carbocycles. The zero-order chi connectivity index (χ0) is 23.3. The summed E-state index contributed by atoms with van der Waals surface area (Å²) in [6.07, 6.45) is 22.6. The number of hydrogen-bond acceptors (Lipinski definition) is 1. The molecule has 0 bridgehead atoms. The van der Waals surface area contributed by atoms with Gasteiger partial charge in [-0.3, -0.25) is 0 Å². The van der Waals surface area contributed by atoms with Gasteiger partial charge in [0.1, 0.15) is 0 Å². The lowest BCUT2D eigenvalue weighted by molar-refractivity contribution is 0.0255. The number of hydrogen-bond donors (Lipinski definition) is 1. The van der Waals surface area contributed by atoms with E-state index in [0.717, 1.165) is 53.3 Å². The van der Waals surface area contributed by atoms with Crippen LogP contribution in [-0.4, -0.2) is 0 Å². The Balaban J connectivity index is 1.74. The van der Waals surface area contributed by atoms with Crippen LogP contribution in [0.1, 0.15) is 125 Å². The predicted octanol–water partition coefficient (Wildman–Crippen LogP) is 9.22. The summed E-state index contributed by atoms with van der Waals surface area (Å²) in [5, 5.41) is 0. The van der Waals surface area contributed by atoms with Gasteiger partial charge in [-0.1, -0.05) is 99.0 Å². The van der Waals surface area contributed by atoms with E-state index in [0.29, 0.717) is 5.41 Å². The summed E-state index contributed by atoms with van der Waals surface area (Å²) >= 11 is 0. The molecular formula is C31H57N. The molecule has 2 N–H and O–H groups in total. The summed E-state index contributed by atoms with van der Waals surface area (Å²) < 4.78 is 0. The molecule has 0 heterocycles. The summed E-state index contributed by atoms with van der Waals surface area (Å²) in [6.45, 7) is 15.4. The first-order valence-electron chi connectivity index (χ1n) is 14.7. The van der Waals surface area contributed by atoms with Gasteiger partial charge in [0, 0.05) is 0 Å². The Bertz CT molecular complexity index is 573. The molecule has 9 unspecified atom stereocenters. The lowest BCUT2D eigenvalue weighted by Crippen LogP contribution is -2.39. The minimum absolute atomic E-state index is 0.604. The van der Waals surface area contributed by atoms with Crippen LogP contribution in [0.2, 0.25) is 0 Å². The first kappa shape index (κ1) is 26.2. The summed E-state index contributed by atoms with van der Waals surface area (Å²) in [6, 6.07) is 0. The van der Waals surface area contributed by atoms with Crippen LogP contribution < -0.4 is 5.73 Å². The van der Waals surface area contributed by atoms with E-state index in [-0.39, 0.29) is 0 Å². The predicted molar refractivity (Wildman–Crippen MR) is 141 cm³/mol. The monoisotopic (exact) mass is 443 g/mol. The molecule has 0 aromatic rings. The topological polar surface area (TPSA) is 26.0 Å². The average Bonchev–Trinajstić information content (AvgIpc) is 3.49. The standard InChI is InChI=1S/C31H57N/c1-7-9-11-15-25(8-2)26(16-14-19-32)21-27-28-22(3)20-23(4)30(24(5)29(27)28)31(6)17-12-10-13-18-31/h14,19,22-30H,7-13,15-18,20-21,32H2,1-6H3/b19-14+. The smallest absolute Gasteiger partial charge is 0.0103 e. The second-order valence-corrected chi connectivity index (χ2v) is 12.9. The highest BCUT2D eigenvalue weighted by molar-refractivity contribution is 5.09. The normalized spacial score (nSPS) is 38.8. The Labute approximate surface area is 201 Å². The maximum absolute atomic E-state index is 5.82. The third kappa shape index (κ3) is 5.78. The number of allylic oxidation sites excluding steroid dienone is 1. The zero-order valence-electron chi connectivity index (χ0n) is 22.6. The maximum atomic E-state index is 5.82. The second kappa shape index (κ2) is 11.8. The molecule has 0 amide bonds. The maximum Gasteiger partial charge on any atom is -0.0103 e. The zero-order valence-corrected chi connectivity index (χ0v) is 22.6. The van der Waals surface area contributed by atoms with Crippen molar-refractivity contribution in [2.45, 2.75) is 125 Å². The van der Waals surface area contributed by atoms with Crippen LogP contribution >= 0.6 is 0 Å². The van der Waals surface area contributed by atoms with Gasteiger partial charge < -0.3 is 5.73 Å². The van der Waals surface area contributed by atoms with E-state index in [1.165, 1.54) is 83.5 Å². The van der Waals surface area contributed by atoms with Crippen LogP contribution in [0.25, 0.3) is 0 Å². The number of unbranched alkanes of at least 4 members (excludes halogenated alkanes) is 2. The molecule has 3 rings (SSSR count). The summed E-state index contributed by atoms with van der Waals surface area (Å²) in [4.78, 5) is 0. The molecule has 0 spiro atoms. The Morgan fingerprint density at radius 3 is 2.28 bits per heavy atom. The van der Waals surface area contributed by atoms with Gasteiger partial charge in [-0.15, -0.1) is 0 Å². The van der Waals surface area contributed by atoms with E-state index >= 15 is 0 Å². The van der Waals surface area contributed by atoms with Crippen molar-refractivity contribution in [3.05, 3.63) is 12.3 Å². The van der Waals surface area contributed by atoms with E-state index in [9.17, 15) is 0 Å². The van der Waals surface area contributed by atoms with E-state index in [1.54, 1.807) is 0 Å². The van der Waals surface area contributed by atoms with Gasteiger partial charge in [-0.25, -0.2) is 0 Å². The van der Waals surface area contributed by atoms with Gasteiger partial charge in [-0.2, -0.15) is 0 Å². The van der Waals surface area contributed by atoms with E-state index in [2.05, 4.69) is 47.6 Å². The second-order valence-electron chi connectivity index (χ2n) is 12.9. The molecule has 9 atom stereocenters. The number of nitrogens with two attached hydrogens (primary N) is 1. The summed E-state index contributed by atoms with van der Waals surface area (Å²) in [7, 11) is 0. The van der Waals surface area contributed by atoms with Crippen molar-refractivity contribution in [2.75, 3.05) is 0 Å². The fourth-order valence-corrected chi connectivity index (χ4v) is 9.46. The molecule has 3 aliphatic carbocycles. The molecule has 3 fully saturated rings. The third-order valence-electron chi connectivity index (χ3n) is 10.8. The first-order valence-corrected chi connectivity index (χ1v) is 14.7. The number of fused-ring (bicyclic) bond motifs is 1. The van der Waals surface area contributed by atoms with Gasteiger partial charge >= 0.3 is 0 Å². The quantitative estimate of drug-likeness (QED) is 0.316. The lowest BCUT2D eigenvalue weighted by atomic mass is 9.58. The van der Waals surface area contributed by atoms with Crippen molar-refractivity contribution in [1.29, 1.82) is 0 Å². The molecular weight excluding hydrogens is 386 g/mol. The van der Waals surface area contributed by atoms with Crippen molar-refractivity contribution in [3.8, 4) is 0 Å². The van der Waals surface area contributed by atoms with Crippen molar-refractivity contribution in [2.24, 2.45) is 64.4 Å². The van der Waals surface area contributed by atoms with Crippen LogP contribution in [-0.2, 0) is 0 Å². The molecule has 32 heavy (non-hydrogen) atoms. The van der Waals surface area contributed by atoms with Gasteiger partial charge in [0.15, 0.2) is 0 Å². The van der Waals surface area contributed by atoms with Crippen molar-refractivity contribution in [1.82, 2.24) is 0 Å². The van der Waals surface area contributed by atoms with Gasteiger partial charge in [0.2, 0.25) is 0 Å². The highest BCUT2D eigenvalue weighted by atomic mass is 14.7. The molecule has 0 saturated heterocycles. The Kier molecular flexibility index (Phi) is 9.64. The van der Waals surface area contributed by atoms with Crippen LogP contribution in [0.3, 0.4) is 0 Å². The van der Waals surface area contributed by atoms with Crippen molar-refractivity contribution < 1.29 is 0 Å². The summed E-state index contributed by atoms with van der Waals surface area (Å²) in [5.74, 6) is 8.40. The lowest BCUT2D eigenvalue weighted by Gasteiger charge is -2.47. The molecule has 3 aliphatic rings. The summed E-state index contributed by atoms with van der Waals surface area (Å²) in [5.41, 5.74) is 6.42. The van der Waals surface area contributed by atoms with E-state index < -0.39 is 0 Å². The third-order valence-corrected chi connectivity index (χ3v) is 10.8. The minimum Gasteiger partial charge on any atom is -0.405 e. The molecule has 1 heteroatoms. The van der Waals surface area contributed by atoms with Crippen LogP contribution in [0.4, 0.5) is 0 Å². The molecule has 1 nitrogen and oxygen atoms in total. The first-order chi connectivity index (χ1) is 15.4. The SMILES string of the molecule is CCCCCC(CC)C(C/C=C/N)CC1C2C(C)CC(C)C(C3(C)CCCCC3)C(C)C12. The van der Waals surface area contributed by atoms with Crippen LogP contribution in [0.15, 0.2) is 12.3 Å². The van der Waals surface area contributed by atoms with Crippen molar-refractivity contribution in [3.63, 3.8) is 0 Å². The molecule has 0 radical (unpaired) electrons. The van der Waals surface area contributed by atoms with Gasteiger partial charge in [0.25, 0.3) is 0 Å². The fraction of sp³-hybridized carbons (Fsp3) is 0.935. The highest BCUT2D eigenvalue weighted by Crippen LogP contribution is 2.66. The Morgan fingerprint density at radius 1 is 0.938 bits per heavy atom. The largest absolute Gasteiger partial charge is 0.405 e. The van der Waals surface area contributed by atoms with E-state index in [4.69, 9.17) is 5.73 Å². The average molecular weight is 444 g/mol. The van der Waals surface area contributed by atoms with E-state index in [1.807, 2.05) is 6.20 Å². The highest BCUT2D eigenvalue weighted by Gasteiger charge is 2.60. The number of rotatable bonds is 11. The Hall–Kier alpha value is -0.460. The van der Waals surface area contributed by atoms with Gasteiger partial charge in [0.05, 0.1) is 0 Å². The Morgan fingerprint density at radius 2 is 1.66 bits per heavy atom. The van der Waals surface area contributed by atoms with Gasteiger partial charge in [-0.05, 0) is 97.0 Å². The fourth-order valence-electron chi connectivity index (χ4n) is 9.46. The molecule has 0 aromatic heterocycles. The van der Waals surface area contributed by atoms with Crippen LogP contribution in [0.5, 0.6) is 0 Å². The van der Waals surface area contributed by atoms with Crippen molar-refractivity contribution >= 4 is 0 Å². The molecule has 186 valence electrons. The van der Waals surface area contributed by atoms with Crippen LogP contribution in [0, 0.1) is 58.7 Å². The molecule has 0 aliphatic heterocycles. The minimum atomic E-state index is 0.604. The molecule has 0 aromatic carbocycles.